The van der Waals surface area contributed by atoms with Gasteiger partial charge in [0.15, 0.2) is 0 Å². The Balaban J connectivity index is 1.78. The lowest BCUT2D eigenvalue weighted by Gasteiger charge is -2.18. The average molecular weight is 395 g/mol. The van der Waals surface area contributed by atoms with Gasteiger partial charge >= 0.3 is 5.97 Å². The third-order valence-electron chi connectivity index (χ3n) is 4.78. The molecule has 6 heteroatoms. The highest BCUT2D eigenvalue weighted by Gasteiger charge is 2.19. The molecule has 29 heavy (non-hydrogen) atoms. The van der Waals surface area contributed by atoms with E-state index in [4.69, 9.17) is 9.47 Å². The summed E-state index contributed by atoms with van der Waals surface area (Å²) < 4.78 is 11.0. The fourth-order valence-electron chi connectivity index (χ4n) is 3.25. The zero-order valence-electron chi connectivity index (χ0n) is 16.5. The number of fused-ring (bicyclic) bond motifs is 1. The first kappa shape index (κ1) is 20.6. The zero-order chi connectivity index (χ0) is 20.6. The Bertz CT molecular complexity index is 889. The Morgan fingerprint density at radius 2 is 1.90 bits per heavy atom. The first-order chi connectivity index (χ1) is 14.1. The maximum Gasteiger partial charge on any atom is 0.331 e. The molecule has 1 N–H and O–H groups in total. The van der Waals surface area contributed by atoms with Gasteiger partial charge in [0.25, 0.3) is 0 Å². The van der Waals surface area contributed by atoms with Crippen LogP contribution in [-0.2, 0) is 14.3 Å². The molecule has 1 aliphatic rings. The first-order valence-electron chi connectivity index (χ1n) is 9.73. The molecular weight excluding hydrogens is 370 g/mol. The molecule has 0 aromatic heterocycles. The summed E-state index contributed by atoms with van der Waals surface area (Å²) in [5.74, 6) is -0.167. The van der Waals surface area contributed by atoms with Crippen LogP contribution < -0.4 is 9.64 Å². The van der Waals surface area contributed by atoms with Crippen molar-refractivity contribution in [1.29, 1.82) is 0 Å². The van der Waals surface area contributed by atoms with Crippen LogP contribution in [0.3, 0.4) is 0 Å². The van der Waals surface area contributed by atoms with Gasteiger partial charge in [0, 0.05) is 31.8 Å². The first-order valence-corrected chi connectivity index (χ1v) is 9.73. The number of ether oxygens (including phenoxy) is 2. The zero-order valence-corrected chi connectivity index (χ0v) is 16.5. The minimum atomic E-state index is -0.958. The normalized spacial score (nSPS) is 13.3. The number of aliphatic carboxylic acids is 1. The van der Waals surface area contributed by atoms with Crippen LogP contribution in [0, 0.1) is 0 Å². The summed E-state index contributed by atoms with van der Waals surface area (Å²) in [5.41, 5.74) is 3.67. The topological polar surface area (TPSA) is 76.1 Å². The lowest BCUT2D eigenvalue weighted by molar-refractivity contribution is -0.132. The van der Waals surface area contributed by atoms with Gasteiger partial charge in [0.2, 0.25) is 6.41 Å². The van der Waals surface area contributed by atoms with Crippen molar-refractivity contribution in [1.82, 2.24) is 0 Å². The number of carboxylic acid groups (broad SMARTS) is 1. The molecule has 0 bridgehead atoms. The maximum atomic E-state index is 11.5. The number of rotatable bonds is 9. The quantitative estimate of drug-likeness (QED) is 0.513. The van der Waals surface area contributed by atoms with Crippen molar-refractivity contribution in [2.45, 2.75) is 19.8 Å². The molecule has 6 nitrogen and oxygen atoms in total. The van der Waals surface area contributed by atoms with E-state index in [1.807, 2.05) is 49.4 Å². The molecule has 2 aromatic rings. The predicted molar refractivity (Wildman–Crippen MR) is 112 cm³/mol. The van der Waals surface area contributed by atoms with Gasteiger partial charge in [-0.15, -0.1) is 0 Å². The number of hydrogen-bond donors (Lipinski definition) is 1. The minimum absolute atomic E-state index is 0.295. The van der Waals surface area contributed by atoms with E-state index in [-0.39, 0.29) is 0 Å². The Hall–Kier alpha value is -3.12. The van der Waals surface area contributed by atoms with Crippen LogP contribution in [0.1, 0.15) is 25.3 Å². The number of benzene rings is 2. The minimum Gasteiger partial charge on any atom is -0.494 e. The highest BCUT2D eigenvalue weighted by molar-refractivity contribution is 5.96. The van der Waals surface area contributed by atoms with Crippen molar-refractivity contribution in [2.24, 2.45) is 0 Å². The summed E-state index contributed by atoms with van der Waals surface area (Å²) in [6, 6.07) is 13.5. The number of amides is 1. The molecule has 0 aliphatic carbocycles. The van der Waals surface area contributed by atoms with Gasteiger partial charge in [-0.05, 0) is 60.4 Å². The van der Waals surface area contributed by atoms with Crippen molar-refractivity contribution < 1.29 is 24.2 Å². The fraction of sp³-hybridized carbons (Fsp3) is 0.304. The molecule has 2 aromatic carbocycles. The maximum absolute atomic E-state index is 11.5. The van der Waals surface area contributed by atoms with Crippen molar-refractivity contribution in [3.8, 4) is 16.9 Å². The fourth-order valence-corrected chi connectivity index (χ4v) is 3.25. The third kappa shape index (κ3) is 5.23. The monoisotopic (exact) mass is 395 g/mol. The molecule has 0 atom stereocenters. The second-order valence-electron chi connectivity index (χ2n) is 6.72. The summed E-state index contributed by atoms with van der Waals surface area (Å²) in [7, 11) is 0. The number of anilines is 1. The number of carbonyl (C=O) groups excluding carboxylic acids is 1. The molecule has 0 saturated carbocycles. The van der Waals surface area contributed by atoms with Crippen LogP contribution in [-0.4, -0.2) is 43.9 Å². The van der Waals surface area contributed by atoms with Crippen LogP contribution in [0.25, 0.3) is 17.2 Å². The number of carboxylic acids is 1. The molecule has 1 heterocycles. The molecule has 3 rings (SSSR count). The van der Waals surface area contributed by atoms with Crippen molar-refractivity contribution in [3.63, 3.8) is 0 Å². The molecule has 0 unspecified atom stereocenters. The second-order valence-corrected chi connectivity index (χ2v) is 6.72. The van der Waals surface area contributed by atoms with E-state index in [1.165, 1.54) is 0 Å². The van der Waals surface area contributed by atoms with Crippen LogP contribution in [0.2, 0.25) is 0 Å². The SMILES string of the molecule is CCOCCCOc1ccc(-c2ccc3c(c2)C=C(C(=O)O)CCN3C=O)cc1. The van der Waals surface area contributed by atoms with Gasteiger partial charge in [0.1, 0.15) is 5.75 Å². The second kappa shape index (κ2) is 9.89. The lowest BCUT2D eigenvalue weighted by Crippen LogP contribution is -2.22. The van der Waals surface area contributed by atoms with Gasteiger partial charge in [-0.2, -0.15) is 0 Å². The third-order valence-corrected chi connectivity index (χ3v) is 4.78. The molecule has 0 spiro atoms. The largest absolute Gasteiger partial charge is 0.494 e. The van der Waals surface area contributed by atoms with Gasteiger partial charge in [-0.3, -0.25) is 4.79 Å². The van der Waals surface area contributed by atoms with Crippen LogP contribution in [0.4, 0.5) is 5.69 Å². The molecule has 0 fully saturated rings. The summed E-state index contributed by atoms with van der Waals surface area (Å²) >= 11 is 0. The van der Waals surface area contributed by atoms with Crippen molar-refractivity contribution >= 4 is 24.1 Å². The van der Waals surface area contributed by atoms with E-state index in [9.17, 15) is 14.7 Å². The average Bonchev–Trinajstić information content (AvgIpc) is 2.93. The summed E-state index contributed by atoms with van der Waals surface area (Å²) in [5, 5.41) is 9.39. The number of hydrogen-bond acceptors (Lipinski definition) is 4. The Kier molecular flexibility index (Phi) is 7.03. The standard InChI is InChI=1S/C23H25NO5/c1-2-28-12-3-13-29-21-7-4-17(5-8-21)18-6-9-22-20(14-18)15-19(23(26)27)10-11-24(22)16-25/h4-9,14-16H,2-3,10-13H2,1H3,(H,26,27). The van der Waals surface area contributed by atoms with E-state index in [0.29, 0.717) is 44.0 Å². The Morgan fingerprint density at radius 1 is 1.14 bits per heavy atom. The molecular formula is C23H25NO5. The van der Waals surface area contributed by atoms with E-state index < -0.39 is 5.97 Å². The molecule has 0 radical (unpaired) electrons. The van der Waals surface area contributed by atoms with Gasteiger partial charge in [0.05, 0.1) is 12.3 Å². The van der Waals surface area contributed by atoms with Crippen LogP contribution in [0.15, 0.2) is 48.0 Å². The Labute approximate surface area is 170 Å². The van der Waals surface area contributed by atoms with E-state index >= 15 is 0 Å². The van der Waals surface area contributed by atoms with Crippen LogP contribution in [0.5, 0.6) is 5.75 Å². The smallest absolute Gasteiger partial charge is 0.331 e. The molecule has 1 aliphatic heterocycles. The van der Waals surface area contributed by atoms with Crippen molar-refractivity contribution in [3.05, 3.63) is 53.6 Å². The molecule has 152 valence electrons. The van der Waals surface area contributed by atoms with E-state index in [0.717, 1.165) is 35.3 Å². The highest BCUT2D eigenvalue weighted by Crippen LogP contribution is 2.32. The van der Waals surface area contributed by atoms with E-state index in [1.54, 1.807) is 11.0 Å². The molecule has 1 amide bonds. The van der Waals surface area contributed by atoms with Gasteiger partial charge < -0.3 is 19.5 Å². The number of carbonyl (C=O) groups is 2. The predicted octanol–water partition coefficient (Wildman–Crippen LogP) is 3.99. The lowest BCUT2D eigenvalue weighted by atomic mass is 10.0. The van der Waals surface area contributed by atoms with Crippen molar-refractivity contribution in [2.75, 3.05) is 31.3 Å². The summed E-state index contributed by atoms with van der Waals surface area (Å²) in [6.45, 7) is 4.32. The highest BCUT2D eigenvalue weighted by atomic mass is 16.5. The van der Waals surface area contributed by atoms with E-state index in [2.05, 4.69) is 0 Å². The Morgan fingerprint density at radius 3 is 2.59 bits per heavy atom. The summed E-state index contributed by atoms with van der Waals surface area (Å²) in [6.07, 6.45) is 3.55. The van der Waals surface area contributed by atoms with Gasteiger partial charge in [-0.1, -0.05) is 18.2 Å². The number of nitrogens with zero attached hydrogens (tertiary/aromatic N) is 1. The van der Waals surface area contributed by atoms with Gasteiger partial charge in [-0.25, -0.2) is 4.79 Å². The molecule has 0 saturated heterocycles. The summed E-state index contributed by atoms with van der Waals surface area (Å²) in [4.78, 5) is 24.4. The van der Waals surface area contributed by atoms with Crippen LogP contribution >= 0.6 is 0 Å².